The van der Waals surface area contributed by atoms with E-state index in [0.717, 1.165) is 22.9 Å². The van der Waals surface area contributed by atoms with Crippen LogP contribution in [-0.2, 0) is 11.0 Å². The Kier molecular flexibility index (Phi) is 5.86. The molecule has 0 spiro atoms. The number of alkyl halides is 3. The molecule has 156 valence electrons. The Morgan fingerprint density at radius 1 is 1.13 bits per heavy atom. The Labute approximate surface area is 169 Å². The Balaban J connectivity index is 1.91. The number of hydrogen-bond acceptors (Lipinski definition) is 5. The van der Waals surface area contributed by atoms with Crippen LogP contribution in [0.5, 0.6) is 5.75 Å². The van der Waals surface area contributed by atoms with E-state index in [9.17, 15) is 22.8 Å². The summed E-state index contributed by atoms with van der Waals surface area (Å²) in [5, 5.41) is 6.59. The number of ether oxygens (including phenoxy) is 1. The van der Waals surface area contributed by atoms with Crippen molar-refractivity contribution in [3.8, 4) is 17.0 Å². The van der Waals surface area contributed by atoms with Gasteiger partial charge in [0.25, 0.3) is 5.56 Å². The van der Waals surface area contributed by atoms with E-state index < -0.39 is 29.2 Å². The number of pyridine rings is 1. The van der Waals surface area contributed by atoms with Gasteiger partial charge in [0.1, 0.15) is 11.8 Å². The second-order valence-corrected chi connectivity index (χ2v) is 6.32. The van der Waals surface area contributed by atoms with Crippen LogP contribution in [0.3, 0.4) is 0 Å². The van der Waals surface area contributed by atoms with Crippen LogP contribution in [0, 0.1) is 0 Å². The van der Waals surface area contributed by atoms with Crippen LogP contribution in [0.2, 0.25) is 0 Å². The van der Waals surface area contributed by atoms with Crippen LogP contribution >= 0.6 is 0 Å². The summed E-state index contributed by atoms with van der Waals surface area (Å²) >= 11 is 0. The monoisotopic (exact) mass is 418 g/mol. The molecule has 7 nitrogen and oxygen atoms in total. The van der Waals surface area contributed by atoms with Gasteiger partial charge in [0.2, 0.25) is 5.91 Å². The van der Waals surface area contributed by atoms with Gasteiger partial charge in [-0.15, -0.1) is 0 Å². The number of hydrogen-bond donors (Lipinski definition) is 1. The molecule has 1 aromatic carbocycles. The van der Waals surface area contributed by atoms with E-state index >= 15 is 0 Å². The van der Waals surface area contributed by atoms with Gasteiger partial charge in [-0.05, 0) is 43.3 Å². The molecular formula is C20H17F3N4O3. The highest BCUT2D eigenvalue weighted by atomic mass is 19.4. The van der Waals surface area contributed by atoms with E-state index in [4.69, 9.17) is 4.74 Å². The van der Waals surface area contributed by atoms with Crippen LogP contribution in [0.25, 0.3) is 11.3 Å². The van der Waals surface area contributed by atoms with Crippen LogP contribution in [0.4, 0.5) is 18.9 Å². The van der Waals surface area contributed by atoms with Crippen LogP contribution in [0.15, 0.2) is 59.7 Å². The fourth-order valence-corrected chi connectivity index (χ4v) is 2.71. The molecule has 2 heterocycles. The van der Waals surface area contributed by atoms with Crippen molar-refractivity contribution in [1.29, 1.82) is 0 Å². The van der Waals surface area contributed by atoms with Crippen molar-refractivity contribution < 1.29 is 22.7 Å². The predicted octanol–water partition coefficient (Wildman–Crippen LogP) is 3.53. The Hall–Kier alpha value is -3.69. The minimum atomic E-state index is -4.59. The van der Waals surface area contributed by atoms with Crippen molar-refractivity contribution in [2.75, 3.05) is 12.4 Å². The SMILES string of the molecule is COc1ccc(C(F)(F)F)cc1NC(=O)C(C)n1nc(-c2ccncc2)ccc1=O. The number of nitrogens with zero attached hydrogens (tertiary/aromatic N) is 3. The van der Waals surface area contributed by atoms with Crippen molar-refractivity contribution >= 4 is 11.6 Å². The Morgan fingerprint density at radius 2 is 1.83 bits per heavy atom. The zero-order valence-corrected chi connectivity index (χ0v) is 16.0. The second kappa shape index (κ2) is 8.36. The standard InChI is InChI=1S/C20H17F3N4O3/c1-12(27-18(28)6-4-15(26-27)13-7-9-24-10-8-13)19(29)25-16-11-14(20(21,22)23)3-5-17(16)30-2/h3-12H,1-2H3,(H,25,29). The van der Waals surface area contributed by atoms with E-state index in [0.29, 0.717) is 11.3 Å². The molecule has 10 heteroatoms. The normalized spacial score (nSPS) is 12.3. The number of halogens is 3. The number of amides is 1. The molecule has 0 fully saturated rings. The molecule has 30 heavy (non-hydrogen) atoms. The fourth-order valence-electron chi connectivity index (χ4n) is 2.71. The van der Waals surface area contributed by atoms with Gasteiger partial charge in [0, 0.05) is 24.0 Å². The molecule has 1 amide bonds. The first-order chi connectivity index (χ1) is 14.2. The molecule has 0 aliphatic rings. The summed E-state index contributed by atoms with van der Waals surface area (Å²) in [5.41, 5.74) is -0.519. The zero-order chi connectivity index (χ0) is 21.9. The molecular weight excluding hydrogens is 401 g/mol. The summed E-state index contributed by atoms with van der Waals surface area (Å²) in [6.07, 6.45) is -1.47. The van der Waals surface area contributed by atoms with Crippen LogP contribution in [0.1, 0.15) is 18.5 Å². The largest absolute Gasteiger partial charge is 0.495 e. The first-order valence-electron chi connectivity index (χ1n) is 8.77. The predicted molar refractivity (Wildman–Crippen MR) is 103 cm³/mol. The van der Waals surface area contributed by atoms with Crippen molar-refractivity contribution in [2.45, 2.75) is 19.1 Å². The van der Waals surface area contributed by atoms with Crippen molar-refractivity contribution in [1.82, 2.24) is 14.8 Å². The van der Waals surface area contributed by atoms with E-state index in [1.807, 2.05) is 0 Å². The van der Waals surface area contributed by atoms with Gasteiger partial charge in [-0.3, -0.25) is 14.6 Å². The van der Waals surface area contributed by atoms with Gasteiger partial charge < -0.3 is 10.1 Å². The fraction of sp³-hybridized carbons (Fsp3) is 0.200. The maximum atomic E-state index is 13.0. The summed E-state index contributed by atoms with van der Waals surface area (Å²) in [4.78, 5) is 28.8. The molecule has 0 saturated heterocycles. The van der Waals surface area contributed by atoms with Crippen molar-refractivity contribution in [3.63, 3.8) is 0 Å². The van der Waals surface area contributed by atoms with E-state index in [2.05, 4.69) is 15.4 Å². The van der Waals surface area contributed by atoms with Crippen LogP contribution < -0.4 is 15.6 Å². The zero-order valence-electron chi connectivity index (χ0n) is 16.0. The van der Waals surface area contributed by atoms with Crippen molar-refractivity contribution in [3.05, 3.63) is 70.8 Å². The molecule has 3 aromatic rings. The summed E-state index contributed by atoms with van der Waals surface area (Å²) in [7, 11) is 1.27. The number of nitrogens with one attached hydrogen (secondary N) is 1. The smallest absolute Gasteiger partial charge is 0.416 e. The topological polar surface area (TPSA) is 86.1 Å². The maximum absolute atomic E-state index is 13.0. The van der Waals surface area contributed by atoms with Gasteiger partial charge >= 0.3 is 6.18 Å². The number of rotatable bonds is 5. The molecule has 0 aliphatic heterocycles. The van der Waals surface area contributed by atoms with Gasteiger partial charge in [-0.2, -0.15) is 18.3 Å². The maximum Gasteiger partial charge on any atom is 0.416 e. The Bertz CT molecular complexity index is 1110. The quantitative estimate of drug-likeness (QED) is 0.685. The lowest BCUT2D eigenvalue weighted by atomic mass is 10.1. The third kappa shape index (κ3) is 4.48. The third-order valence-electron chi connectivity index (χ3n) is 4.33. The summed E-state index contributed by atoms with van der Waals surface area (Å²) in [6, 6.07) is 7.78. The highest BCUT2D eigenvalue weighted by Crippen LogP contribution is 2.35. The number of anilines is 1. The van der Waals surface area contributed by atoms with E-state index in [-0.39, 0.29) is 11.4 Å². The molecule has 0 saturated carbocycles. The molecule has 0 bridgehead atoms. The van der Waals surface area contributed by atoms with E-state index in [1.165, 1.54) is 26.2 Å². The average molecular weight is 418 g/mol. The first kappa shape index (κ1) is 21.0. The lowest BCUT2D eigenvalue weighted by Crippen LogP contribution is -2.33. The highest BCUT2D eigenvalue weighted by molar-refractivity contribution is 5.94. The van der Waals surface area contributed by atoms with Crippen LogP contribution in [-0.4, -0.2) is 27.8 Å². The van der Waals surface area contributed by atoms with Gasteiger partial charge in [0.15, 0.2) is 0 Å². The number of carbonyl (C=O) groups excluding carboxylic acids is 1. The number of aromatic nitrogens is 3. The number of carbonyl (C=O) groups is 1. The summed E-state index contributed by atoms with van der Waals surface area (Å²) in [5.74, 6) is -0.677. The van der Waals surface area contributed by atoms with Crippen molar-refractivity contribution in [2.24, 2.45) is 0 Å². The third-order valence-corrected chi connectivity index (χ3v) is 4.33. The second-order valence-electron chi connectivity index (χ2n) is 6.32. The molecule has 1 atom stereocenters. The molecule has 0 aliphatic carbocycles. The molecule has 0 radical (unpaired) electrons. The van der Waals surface area contributed by atoms with Gasteiger partial charge in [-0.1, -0.05) is 0 Å². The summed E-state index contributed by atoms with van der Waals surface area (Å²) < 4.78 is 45.0. The highest BCUT2D eigenvalue weighted by Gasteiger charge is 2.31. The number of benzene rings is 1. The van der Waals surface area contributed by atoms with E-state index in [1.54, 1.807) is 24.5 Å². The van der Waals surface area contributed by atoms with Gasteiger partial charge in [-0.25, -0.2) is 4.68 Å². The van der Waals surface area contributed by atoms with Gasteiger partial charge in [0.05, 0.1) is 24.1 Å². The minimum Gasteiger partial charge on any atom is -0.495 e. The first-order valence-corrected chi connectivity index (χ1v) is 8.77. The Morgan fingerprint density at radius 3 is 2.47 bits per heavy atom. The molecule has 3 rings (SSSR count). The lowest BCUT2D eigenvalue weighted by Gasteiger charge is -2.17. The summed E-state index contributed by atoms with van der Waals surface area (Å²) in [6.45, 7) is 1.42. The number of methoxy groups -OCH3 is 1. The average Bonchev–Trinajstić information content (AvgIpc) is 2.73. The molecule has 1 N–H and O–H groups in total. The molecule has 2 aromatic heterocycles. The minimum absolute atomic E-state index is 0.0504. The lowest BCUT2D eigenvalue weighted by molar-refractivity contribution is -0.137. The molecule has 1 unspecified atom stereocenters.